The molecule has 5 aromatic rings. The van der Waals surface area contributed by atoms with Crippen molar-refractivity contribution < 1.29 is 5.11 Å². The molecule has 0 spiro atoms. The van der Waals surface area contributed by atoms with Crippen LogP contribution in [0.25, 0.3) is 10.2 Å². The zero-order valence-electron chi connectivity index (χ0n) is 17.7. The van der Waals surface area contributed by atoms with E-state index in [1.807, 2.05) is 36.4 Å². The number of aromatic hydroxyl groups is 1. The molecule has 0 bridgehead atoms. The third kappa shape index (κ3) is 5.28. The molecule has 0 aliphatic carbocycles. The van der Waals surface area contributed by atoms with Gasteiger partial charge in [0.2, 0.25) is 0 Å². The zero-order chi connectivity index (χ0) is 23.5. The summed E-state index contributed by atoms with van der Waals surface area (Å²) >= 11 is 10.3. The highest BCUT2D eigenvalue weighted by Gasteiger charge is 2.18. The molecule has 0 aliphatic heterocycles. The van der Waals surface area contributed by atoms with Gasteiger partial charge in [0.25, 0.3) is 0 Å². The van der Waals surface area contributed by atoms with Crippen LogP contribution in [0.3, 0.4) is 0 Å². The second kappa shape index (κ2) is 10.4. The van der Waals surface area contributed by atoms with E-state index in [-0.39, 0.29) is 11.0 Å². The Labute approximate surface area is 222 Å². The van der Waals surface area contributed by atoms with Gasteiger partial charge in [0.15, 0.2) is 4.34 Å². The average Bonchev–Trinajstić information content (AvgIpc) is 3.27. The van der Waals surface area contributed by atoms with Crippen molar-refractivity contribution >= 4 is 77.1 Å². The van der Waals surface area contributed by atoms with Gasteiger partial charge in [-0.25, -0.2) is 4.98 Å². The van der Waals surface area contributed by atoms with Gasteiger partial charge < -0.3 is 5.11 Å². The Morgan fingerprint density at radius 1 is 0.882 bits per heavy atom. The summed E-state index contributed by atoms with van der Waals surface area (Å²) in [4.78, 5) is 9.46. The van der Waals surface area contributed by atoms with Crippen LogP contribution < -0.4 is 0 Å². The second-order valence-corrected chi connectivity index (χ2v) is 11.7. The van der Waals surface area contributed by atoms with Crippen LogP contribution in [0.15, 0.2) is 109 Å². The average molecular weight is 610 g/mol. The lowest BCUT2D eigenvalue weighted by atomic mass is 10.0. The highest BCUT2D eigenvalue weighted by molar-refractivity contribution is 9.11. The van der Waals surface area contributed by atoms with E-state index in [1.54, 1.807) is 35.4 Å². The predicted octanol–water partition coefficient (Wildman–Crippen LogP) is 9.16. The molecule has 1 N–H and O–H groups in total. The summed E-state index contributed by atoms with van der Waals surface area (Å²) in [6, 6.07) is 30.7. The minimum absolute atomic E-state index is 0.164. The molecule has 7 heteroatoms. The lowest BCUT2D eigenvalue weighted by molar-refractivity contribution is 0.471. The van der Waals surface area contributed by atoms with Gasteiger partial charge in [0, 0.05) is 16.3 Å². The Morgan fingerprint density at radius 2 is 1.56 bits per heavy atom. The fourth-order valence-electron chi connectivity index (χ4n) is 3.54. The molecule has 0 fully saturated rings. The van der Waals surface area contributed by atoms with E-state index < -0.39 is 0 Å². The summed E-state index contributed by atoms with van der Waals surface area (Å²) in [5.74, 6) is 0.164. The third-order valence-electron chi connectivity index (χ3n) is 5.19. The van der Waals surface area contributed by atoms with E-state index in [9.17, 15) is 5.11 Å². The molecule has 0 aliphatic rings. The van der Waals surface area contributed by atoms with Gasteiger partial charge in [-0.2, -0.15) is 0 Å². The normalized spacial score (nSPS) is 11.6. The monoisotopic (exact) mass is 608 g/mol. The number of nitrogens with zero attached hydrogens (tertiary/aromatic N) is 2. The summed E-state index contributed by atoms with van der Waals surface area (Å²) in [7, 11) is 0. The molecule has 168 valence electrons. The van der Waals surface area contributed by atoms with Crippen LogP contribution in [0, 0.1) is 0 Å². The first-order chi connectivity index (χ1) is 16.6. The number of halogens is 2. The maximum absolute atomic E-state index is 10.3. The number of phenols is 1. The number of hydrogen-bond donors (Lipinski definition) is 1. The van der Waals surface area contributed by atoms with Crippen molar-refractivity contribution in [1.29, 1.82) is 0 Å². The summed E-state index contributed by atoms with van der Waals surface area (Å²) in [5, 5.41) is 10.4. The zero-order valence-corrected chi connectivity index (χ0v) is 22.5. The van der Waals surface area contributed by atoms with Crippen molar-refractivity contribution in [3.63, 3.8) is 0 Å². The molecule has 3 nitrogen and oxygen atoms in total. The fraction of sp³-hybridized carbons (Fsp3) is 0.0370. The smallest absolute Gasteiger partial charge is 0.152 e. The van der Waals surface area contributed by atoms with Gasteiger partial charge in [0.05, 0.1) is 25.6 Å². The molecule has 0 radical (unpaired) electrons. The number of phenolic OH excluding ortho intramolecular Hbond substituents is 1. The van der Waals surface area contributed by atoms with Crippen LogP contribution >= 0.6 is 55.0 Å². The minimum Gasteiger partial charge on any atom is -0.506 e. The van der Waals surface area contributed by atoms with Crippen molar-refractivity contribution in [2.24, 2.45) is 4.99 Å². The van der Waals surface area contributed by atoms with Gasteiger partial charge in [-0.15, -0.1) is 11.3 Å². The van der Waals surface area contributed by atoms with Crippen LogP contribution in [0.2, 0.25) is 0 Å². The van der Waals surface area contributed by atoms with Crippen molar-refractivity contribution in [3.8, 4) is 5.75 Å². The van der Waals surface area contributed by atoms with E-state index in [2.05, 4.69) is 85.4 Å². The van der Waals surface area contributed by atoms with Crippen molar-refractivity contribution in [1.82, 2.24) is 4.98 Å². The van der Waals surface area contributed by atoms with Crippen LogP contribution in [-0.2, 0) is 0 Å². The second-order valence-electron chi connectivity index (χ2n) is 7.53. The van der Waals surface area contributed by atoms with Gasteiger partial charge >= 0.3 is 0 Å². The first-order valence-electron chi connectivity index (χ1n) is 10.5. The van der Waals surface area contributed by atoms with E-state index >= 15 is 0 Å². The minimum atomic E-state index is 0.164. The number of benzene rings is 4. The molecule has 34 heavy (non-hydrogen) atoms. The highest BCUT2D eigenvalue weighted by atomic mass is 79.9. The quantitative estimate of drug-likeness (QED) is 0.154. The molecule has 4 aromatic carbocycles. The van der Waals surface area contributed by atoms with E-state index in [4.69, 9.17) is 4.98 Å². The predicted molar refractivity (Wildman–Crippen MR) is 151 cm³/mol. The van der Waals surface area contributed by atoms with Crippen molar-refractivity contribution in [2.45, 2.75) is 9.59 Å². The number of aliphatic imine (C=N–C) groups is 1. The molecule has 1 aromatic heterocycles. The molecule has 5 rings (SSSR count). The van der Waals surface area contributed by atoms with E-state index in [0.29, 0.717) is 10.0 Å². The van der Waals surface area contributed by atoms with Crippen LogP contribution in [0.1, 0.15) is 21.9 Å². The van der Waals surface area contributed by atoms with Crippen LogP contribution in [-0.4, -0.2) is 16.3 Å². The fourth-order valence-corrected chi connectivity index (χ4v) is 7.21. The first kappa shape index (κ1) is 23.3. The Bertz CT molecular complexity index is 1430. The number of fused-ring (bicyclic) bond motifs is 1. The molecule has 0 atom stereocenters. The summed E-state index contributed by atoms with van der Waals surface area (Å²) in [6.45, 7) is 0. The lowest BCUT2D eigenvalue weighted by Gasteiger charge is -2.16. The van der Waals surface area contributed by atoms with Gasteiger partial charge in [-0.1, -0.05) is 88.4 Å². The van der Waals surface area contributed by atoms with Crippen LogP contribution in [0.5, 0.6) is 5.75 Å². The molecular formula is C27H18Br2N2OS2. The van der Waals surface area contributed by atoms with E-state index in [1.165, 1.54) is 11.1 Å². The number of aromatic nitrogens is 1. The molecule has 0 amide bonds. The largest absolute Gasteiger partial charge is 0.506 e. The molecule has 0 saturated carbocycles. The standard InChI is InChI=1S/C27H18Br2N2OS2/c28-20-13-19(25(32)22(29)14-20)16-30-21-11-12-23-24(15-21)33-27(31-23)34-26(17-7-3-1-4-8-17)18-9-5-2-6-10-18/h1-16,26,32H. The van der Waals surface area contributed by atoms with Crippen LogP contribution in [0.4, 0.5) is 5.69 Å². The number of thioether (sulfide) groups is 1. The van der Waals surface area contributed by atoms with E-state index in [0.717, 1.165) is 24.7 Å². The van der Waals surface area contributed by atoms with Gasteiger partial charge in [-0.3, -0.25) is 4.99 Å². The lowest BCUT2D eigenvalue weighted by Crippen LogP contribution is -1.96. The summed E-state index contributed by atoms with van der Waals surface area (Å²) in [5.41, 5.74) is 4.91. The Balaban J connectivity index is 1.43. The number of hydrogen-bond acceptors (Lipinski definition) is 5. The maximum atomic E-state index is 10.3. The van der Waals surface area contributed by atoms with Gasteiger partial charge in [0.1, 0.15) is 5.75 Å². The summed E-state index contributed by atoms with van der Waals surface area (Å²) < 4.78 is 3.58. The molecule has 0 unspecified atom stereocenters. The Morgan fingerprint density at radius 3 is 2.24 bits per heavy atom. The third-order valence-corrected chi connectivity index (χ3v) is 8.67. The molecular weight excluding hydrogens is 592 g/mol. The first-order valence-corrected chi connectivity index (χ1v) is 13.7. The summed E-state index contributed by atoms with van der Waals surface area (Å²) in [6.07, 6.45) is 1.67. The number of thiazole rings is 1. The molecule has 0 saturated heterocycles. The topological polar surface area (TPSA) is 45.5 Å². The highest BCUT2D eigenvalue weighted by Crippen LogP contribution is 2.43. The van der Waals surface area contributed by atoms with Crippen molar-refractivity contribution in [3.05, 3.63) is 117 Å². The SMILES string of the molecule is Oc1c(Br)cc(Br)cc1C=Nc1ccc2nc(SC(c3ccccc3)c3ccccc3)sc2c1. The Hall–Kier alpha value is -2.45. The Kier molecular flexibility index (Phi) is 7.15. The van der Waals surface area contributed by atoms with Crippen molar-refractivity contribution in [2.75, 3.05) is 0 Å². The maximum Gasteiger partial charge on any atom is 0.152 e. The van der Waals surface area contributed by atoms with Gasteiger partial charge in [-0.05, 0) is 57.4 Å². The number of rotatable bonds is 6. The molecule has 1 heterocycles.